The molecule has 2 saturated heterocycles. The minimum Gasteiger partial charge on any atom is -0.446 e. The van der Waals surface area contributed by atoms with Crippen LogP contribution in [0.15, 0.2) is 42.7 Å². The minimum absolute atomic E-state index is 0.0319. The van der Waals surface area contributed by atoms with Gasteiger partial charge in [-0.3, -0.25) is 14.6 Å². The van der Waals surface area contributed by atoms with Gasteiger partial charge in [0.1, 0.15) is 6.10 Å². The number of ketones is 1. The molecule has 3 heterocycles. The van der Waals surface area contributed by atoms with E-state index in [1.807, 2.05) is 24.8 Å². The third kappa shape index (κ3) is 5.68. The van der Waals surface area contributed by atoms with Crippen molar-refractivity contribution in [2.45, 2.75) is 58.3 Å². The maximum atomic E-state index is 13.0. The summed E-state index contributed by atoms with van der Waals surface area (Å²) in [7, 11) is 0. The van der Waals surface area contributed by atoms with E-state index < -0.39 is 0 Å². The van der Waals surface area contributed by atoms with Gasteiger partial charge in [-0.25, -0.2) is 14.8 Å². The average Bonchev–Trinajstić information content (AvgIpc) is 2.80. The summed E-state index contributed by atoms with van der Waals surface area (Å²) in [6, 6.07) is 10.4. The number of aromatic nitrogens is 2. The van der Waals surface area contributed by atoms with Crippen LogP contribution in [0.2, 0.25) is 0 Å². The van der Waals surface area contributed by atoms with Crippen LogP contribution in [0.1, 0.15) is 49.5 Å². The van der Waals surface area contributed by atoms with Gasteiger partial charge < -0.3 is 9.64 Å². The number of rotatable bonds is 5. The number of benzene rings is 1. The number of Topliss-reactive ketones (excluding diaryl/α,β-unsaturated/α-hetero) is 1. The van der Waals surface area contributed by atoms with Crippen LogP contribution in [0.4, 0.5) is 10.7 Å². The Morgan fingerprint density at radius 2 is 1.61 bits per heavy atom. The Morgan fingerprint density at radius 3 is 2.18 bits per heavy atom. The summed E-state index contributed by atoms with van der Waals surface area (Å²) in [6.45, 7) is 9.58. The summed E-state index contributed by atoms with van der Waals surface area (Å²) in [5.74, 6) is 0.527. The molecule has 2 atom stereocenters. The Hall–Kier alpha value is -3.00. The van der Waals surface area contributed by atoms with E-state index in [2.05, 4.69) is 44.0 Å². The zero-order chi connectivity index (χ0) is 23.4. The first-order valence-electron chi connectivity index (χ1n) is 11.7. The van der Waals surface area contributed by atoms with E-state index in [1.165, 1.54) is 12.5 Å². The maximum Gasteiger partial charge on any atom is 0.410 e. The Morgan fingerprint density at radius 1 is 1.00 bits per heavy atom. The monoisotopic (exact) mass is 451 g/mol. The molecule has 4 rings (SSSR count). The lowest BCUT2D eigenvalue weighted by atomic mass is 10.1. The molecule has 2 aliphatic rings. The second kappa shape index (κ2) is 10.3. The highest BCUT2D eigenvalue weighted by Crippen LogP contribution is 2.23. The van der Waals surface area contributed by atoms with Gasteiger partial charge in [-0.1, -0.05) is 30.3 Å². The molecule has 8 nitrogen and oxygen atoms in total. The van der Waals surface area contributed by atoms with Gasteiger partial charge in [0.25, 0.3) is 0 Å². The molecule has 0 spiro atoms. The van der Waals surface area contributed by atoms with E-state index in [4.69, 9.17) is 4.74 Å². The summed E-state index contributed by atoms with van der Waals surface area (Å²) >= 11 is 0. The van der Waals surface area contributed by atoms with Crippen LogP contribution >= 0.6 is 0 Å². The molecule has 1 aromatic heterocycles. The minimum atomic E-state index is -0.232. The number of carbonyl (C=O) groups is 2. The summed E-state index contributed by atoms with van der Waals surface area (Å²) in [5, 5.41) is 0. The van der Waals surface area contributed by atoms with E-state index in [0.29, 0.717) is 24.6 Å². The lowest BCUT2D eigenvalue weighted by Gasteiger charge is -2.44. The second-order valence-corrected chi connectivity index (χ2v) is 9.18. The van der Waals surface area contributed by atoms with E-state index in [-0.39, 0.29) is 30.1 Å². The molecule has 33 heavy (non-hydrogen) atoms. The van der Waals surface area contributed by atoms with Crippen molar-refractivity contribution in [3.05, 3.63) is 53.9 Å². The molecule has 2 fully saturated rings. The maximum absolute atomic E-state index is 13.0. The predicted molar refractivity (Wildman–Crippen MR) is 126 cm³/mol. The van der Waals surface area contributed by atoms with Gasteiger partial charge in [-0.2, -0.15) is 0 Å². The van der Waals surface area contributed by atoms with Crippen LogP contribution in [0.5, 0.6) is 0 Å². The highest BCUT2D eigenvalue weighted by Gasteiger charge is 2.36. The number of carbonyl (C=O) groups excluding carboxylic acids is 2. The van der Waals surface area contributed by atoms with Crippen molar-refractivity contribution in [2.75, 3.05) is 31.1 Å². The number of hydrogen-bond donors (Lipinski definition) is 0. The molecule has 176 valence electrons. The van der Waals surface area contributed by atoms with Crippen molar-refractivity contribution < 1.29 is 14.3 Å². The van der Waals surface area contributed by atoms with Crippen molar-refractivity contribution in [3.8, 4) is 0 Å². The summed E-state index contributed by atoms with van der Waals surface area (Å²) in [6.07, 6.45) is 4.57. The van der Waals surface area contributed by atoms with Crippen molar-refractivity contribution in [3.63, 3.8) is 0 Å². The van der Waals surface area contributed by atoms with E-state index in [0.717, 1.165) is 32.5 Å². The van der Waals surface area contributed by atoms with Crippen LogP contribution in [0.25, 0.3) is 0 Å². The summed E-state index contributed by atoms with van der Waals surface area (Å²) in [4.78, 5) is 39.5. The lowest BCUT2D eigenvalue weighted by molar-refractivity contribution is 0.00995. The first-order chi connectivity index (χ1) is 15.9. The first-order valence-corrected chi connectivity index (χ1v) is 11.7. The number of amides is 1. The Balaban J connectivity index is 1.28. The number of ether oxygens (including phenoxy) is 1. The van der Waals surface area contributed by atoms with E-state index in [1.54, 1.807) is 12.4 Å². The van der Waals surface area contributed by atoms with Gasteiger partial charge >= 0.3 is 6.09 Å². The largest absolute Gasteiger partial charge is 0.446 e. The molecular weight excluding hydrogens is 418 g/mol. The van der Waals surface area contributed by atoms with Gasteiger partial charge in [0.2, 0.25) is 5.95 Å². The second-order valence-electron chi connectivity index (χ2n) is 9.18. The summed E-state index contributed by atoms with van der Waals surface area (Å²) < 4.78 is 5.93. The standard InChI is InChI=1S/C25H33N5O3/c1-18-15-29(24-26-13-22(14-27-24)20(3)31)16-19(2)30(18)25(32)33-23-9-11-28(12-10-23)17-21-7-5-4-6-8-21/h4-8,13-14,18-19,23H,9-12,15-17H2,1-3H3/t18-,19+. The van der Waals surface area contributed by atoms with E-state index in [9.17, 15) is 9.59 Å². The zero-order valence-corrected chi connectivity index (χ0v) is 19.7. The molecule has 1 aromatic carbocycles. The molecule has 0 radical (unpaired) electrons. The normalized spacial score (nSPS) is 22.3. The Bertz CT molecular complexity index is 932. The van der Waals surface area contributed by atoms with Gasteiger partial charge in [-0.05, 0) is 39.2 Å². The molecule has 8 heteroatoms. The summed E-state index contributed by atoms with van der Waals surface area (Å²) in [5.41, 5.74) is 1.81. The zero-order valence-electron chi connectivity index (χ0n) is 19.7. The molecule has 1 amide bonds. The number of nitrogens with zero attached hydrogens (tertiary/aromatic N) is 5. The highest BCUT2D eigenvalue weighted by molar-refractivity contribution is 5.93. The fourth-order valence-electron chi connectivity index (χ4n) is 4.74. The van der Waals surface area contributed by atoms with Crippen molar-refractivity contribution in [1.82, 2.24) is 19.8 Å². The first kappa shape index (κ1) is 23.2. The highest BCUT2D eigenvalue weighted by atomic mass is 16.6. The lowest BCUT2D eigenvalue weighted by Crippen LogP contribution is -2.59. The van der Waals surface area contributed by atoms with Crippen molar-refractivity contribution in [1.29, 1.82) is 0 Å². The molecular formula is C25H33N5O3. The van der Waals surface area contributed by atoms with Crippen LogP contribution in [0, 0.1) is 0 Å². The van der Waals surface area contributed by atoms with Gasteiger partial charge in [0.05, 0.1) is 17.6 Å². The molecule has 0 unspecified atom stereocenters. The fourth-order valence-corrected chi connectivity index (χ4v) is 4.74. The molecule has 0 aliphatic carbocycles. The molecule has 0 saturated carbocycles. The topological polar surface area (TPSA) is 78.9 Å². The number of piperidine rings is 1. The number of likely N-dealkylation sites (tertiary alicyclic amines) is 1. The van der Waals surface area contributed by atoms with Crippen LogP contribution < -0.4 is 4.90 Å². The number of anilines is 1. The van der Waals surface area contributed by atoms with E-state index >= 15 is 0 Å². The number of hydrogen-bond acceptors (Lipinski definition) is 7. The van der Waals surface area contributed by atoms with Crippen molar-refractivity contribution >= 4 is 17.8 Å². The molecule has 2 aliphatic heterocycles. The van der Waals surface area contributed by atoms with Crippen LogP contribution in [-0.4, -0.2) is 76.0 Å². The quantitative estimate of drug-likeness (QED) is 0.645. The Kier molecular flexibility index (Phi) is 7.23. The van der Waals surface area contributed by atoms with Crippen LogP contribution in [-0.2, 0) is 11.3 Å². The third-order valence-electron chi connectivity index (χ3n) is 6.51. The molecule has 0 bridgehead atoms. The third-order valence-corrected chi connectivity index (χ3v) is 6.51. The van der Waals surface area contributed by atoms with Gasteiger partial charge in [-0.15, -0.1) is 0 Å². The SMILES string of the molecule is CC(=O)c1cnc(N2C[C@@H](C)N(C(=O)OC3CCN(Cc4ccccc4)CC3)[C@@H](C)C2)nc1. The fraction of sp³-hybridized carbons (Fsp3) is 0.520. The predicted octanol–water partition coefficient (Wildman–Crippen LogP) is 3.38. The van der Waals surface area contributed by atoms with Gasteiger partial charge in [0.15, 0.2) is 5.78 Å². The smallest absolute Gasteiger partial charge is 0.410 e. The van der Waals surface area contributed by atoms with Crippen LogP contribution in [0.3, 0.4) is 0 Å². The molecule has 0 N–H and O–H groups in total. The van der Waals surface area contributed by atoms with Crippen molar-refractivity contribution in [2.24, 2.45) is 0 Å². The average molecular weight is 452 g/mol. The van der Waals surface area contributed by atoms with Gasteiger partial charge in [0, 0.05) is 45.1 Å². The Labute approximate surface area is 195 Å². The molecule has 2 aromatic rings. The number of piperazine rings is 1.